The first kappa shape index (κ1) is 13.6. The molecule has 1 atom stereocenters. The number of nitrogens with zero attached hydrogens (tertiary/aromatic N) is 2. The minimum atomic E-state index is -0.850. The van der Waals surface area contributed by atoms with Gasteiger partial charge in [-0.15, -0.1) is 0 Å². The van der Waals surface area contributed by atoms with Crippen molar-refractivity contribution in [3.8, 4) is 0 Å². The number of hydrogen-bond donors (Lipinski definition) is 1. The molecule has 1 aliphatic carbocycles. The third-order valence-corrected chi connectivity index (χ3v) is 3.47. The molecule has 1 aliphatic rings. The van der Waals surface area contributed by atoms with Gasteiger partial charge in [-0.05, 0) is 32.1 Å². The van der Waals surface area contributed by atoms with Gasteiger partial charge in [0.1, 0.15) is 0 Å². The van der Waals surface area contributed by atoms with Crippen LogP contribution in [-0.4, -0.2) is 33.4 Å². The fourth-order valence-corrected chi connectivity index (χ4v) is 2.73. The van der Waals surface area contributed by atoms with Crippen LogP contribution in [0.5, 0.6) is 0 Å². The van der Waals surface area contributed by atoms with Gasteiger partial charge in [-0.1, -0.05) is 0 Å². The number of carboxylic acid groups (broad SMARTS) is 1. The maximum Gasteiger partial charge on any atom is 0.359 e. The van der Waals surface area contributed by atoms with E-state index in [1.54, 1.807) is 18.7 Å². The first-order chi connectivity index (χ1) is 9.04. The van der Waals surface area contributed by atoms with E-state index < -0.39 is 11.9 Å². The molecule has 0 bridgehead atoms. The van der Waals surface area contributed by atoms with Gasteiger partial charge in [0.2, 0.25) is 0 Å². The van der Waals surface area contributed by atoms with Crippen molar-refractivity contribution in [2.24, 2.45) is 7.05 Å². The van der Waals surface area contributed by atoms with E-state index >= 15 is 0 Å². The van der Waals surface area contributed by atoms with Crippen LogP contribution in [0.15, 0.2) is 0 Å². The number of aromatic nitrogens is 2. The quantitative estimate of drug-likeness (QED) is 0.835. The third-order valence-electron chi connectivity index (χ3n) is 3.47. The van der Waals surface area contributed by atoms with Gasteiger partial charge in [-0.2, -0.15) is 5.10 Å². The summed E-state index contributed by atoms with van der Waals surface area (Å²) < 4.78 is 6.67. The topological polar surface area (TPSA) is 81.4 Å². The maximum atomic E-state index is 11.9. The molecule has 0 aromatic carbocycles. The minimum Gasteiger partial charge on any atom is -0.481 e. The van der Waals surface area contributed by atoms with Crippen LogP contribution in [0.3, 0.4) is 0 Å². The van der Waals surface area contributed by atoms with E-state index in [9.17, 15) is 9.59 Å². The first-order valence-corrected chi connectivity index (χ1v) is 6.49. The van der Waals surface area contributed by atoms with Crippen molar-refractivity contribution < 1.29 is 19.4 Å². The Morgan fingerprint density at radius 1 is 1.53 bits per heavy atom. The molecule has 6 heteroatoms. The summed E-state index contributed by atoms with van der Waals surface area (Å²) in [5.41, 5.74) is 2.01. The van der Waals surface area contributed by atoms with E-state index in [-0.39, 0.29) is 24.6 Å². The Hall–Kier alpha value is -1.85. The van der Waals surface area contributed by atoms with E-state index in [1.165, 1.54) is 0 Å². The van der Waals surface area contributed by atoms with E-state index in [1.807, 2.05) is 0 Å². The van der Waals surface area contributed by atoms with Gasteiger partial charge in [0.15, 0.2) is 5.69 Å². The smallest absolute Gasteiger partial charge is 0.359 e. The number of esters is 1. The molecular weight excluding hydrogens is 248 g/mol. The van der Waals surface area contributed by atoms with Gasteiger partial charge in [-0.25, -0.2) is 4.79 Å². The molecule has 1 unspecified atom stereocenters. The average molecular weight is 266 g/mol. The summed E-state index contributed by atoms with van der Waals surface area (Å²) in [4.78, 5) is 22.9. The molecule has 0 amide bonds. The summed E-state index contributed by atoms with van der Waals surface area (Å²) in [6.45, 7) is 2.02. The minimum absolute atomic E-state index is 0.0328. The Kier molecular flexibility index (Phi) is 3.87. The summed E-state index contributed by atoms with van der Waals surface area (Å²) in [6.07, 6.45) is 2.56. The SMILES string of the molecule is CCOC(=O)c1nn(C)c2c1C(CC(=O)O)CCC2. The van der Waals surface area contributed by atoms with Crippen molar-refractivity contribution in [1.29, 1.82) is 0 Å². The summed E-state index contributed by atoms with van der Waals surface area (Å²) >= 11 is 0. The zero-order valence-corrected chi connectivity index (χ0v) is 11.2. The lowest BCUT2D eigenvalue weighted by Gasteiger charge is -2.21. The average Bonchev–Trinajstić information content (AvgIpc) is 2.68. The van der Waals surface area contributed by atoms with Gasteiger partial charge in [-0.3, -0.25) is 9.48 Å². The van der Waals surface area contributed by atoms with Gasteiger partial charge in [0.25, 0.3) is 0 Å². The second-order valence-corrected chi connectivity index (χ2v) is 4.74. The van der Waals surface area contributed by atoms with Crippen LogP contribution in [0.1, 0.15) is 53.8 Å². The largest absolute Gasteiger partial charge is 0.481 e. The molecule has 0 fully saturated rings. The lowest BCUT2D eigenvalue weighted by molar-refractivity contribution is -0.137. The Labute approximate surface area is 111 Å². The second-order valence-electron chi connectivity index (χ2n) is 4.74. The number of carbonyl (C=O) groups is 2. The van der Waals surface area contributed by atoms with Crippen LogP contribution < -0.4 is 0 Å². The van der Waals surface area contributed by atoms with Crippen LogP contribution in [0.25, 0.3) is 0 Å². The van der Waals surface area contributed by atoms with Crippen LogP contribution >= 0.6 is 0 Å². The van der Waals surface area contributed by atoms with Crippen LogP contribution in [0.4, 0.5) is 0 Å². The van der Waals surface area contributed by atoms with E-state index in [4.69, 9.17) is 9.84 Å². The van der Waals surface area contributed by atoms with Crippen LogP contribution in [-0.2, 0) is 23.0 Å². The van der Waals surface area contributed by atoms with E-state index in [0.717, 1.165) is 30.5 Å². The predicted molar refractivity (Wildman–Crippen MR) is 67.1 cm³/mol. The zero-order valence-electron chi connectivity index (χ0n) is 11.2. The molecule has 0 spiro atoms. The zero-order chi connectivity index (χ0) is 14.0. The lowest BCUT2D eigenvalue weighted by atomic mass is 9.83. The molecular formula is C13H18N2O4. The van der Waals surface area contributed by atoms with Crippen LogP contribution in [0, 0.1) is 0 Å². The van der Waals surface area contributed by atoms with Crippen molar-refractivity contribution in [1.82, 2.24) is 9.78 Å². The van der Waals surface area contributed by atoms with Gasteiger partial charge < -0.3 is 9.84 Å². The highest BCUT2D eigenvalue weighted by Gasteiger charge is 2.32. The standard InChI is InChI=1S/C13H18N2O4/c1-3-19-13(18)12-11-8(7-10(16)17)5-4-6-9(11)15(2)14-12/h8H,3-7H2,1-2H3,(H,16,17). The van der Waals surface area contributed by atoms with Crippen molar-refractivity contribution in [2.75, 3.05) is 6.61 Å². The molecule has 6 nitrogen and oxygen atoms in total. The molecule has 1 heterocycles. The summed E-state index contributed by atoms with van der Waals surface area (Å²) in [5, 5.41) is 13.2. The predicted octanol–water partition coefficient (Wildman–Crippen LogP) is 1.49. The van der Waals surface area contributed by atoms with Gasteiger partial charge >= 0.3 is 11.9 Å². The van der Waals surface area contributed by atoms with Crippen molar-refractivity contribution >= 4 is 11.9 Å². The van der Waals surface area contributed by atoms with Crippen molar-refractivity contribution in [3.05, 3.63) is 17.0 Å². The molecule has 104 valence electrons. The molecule has 19 heavy (non-hydrogen) atoms. The molecule has 1 N–H and O–H groups in total. The number of aryl methyl sites for hydroxylation is 1. The number of carbonyl (C=O) groups excluding carboxylic acids is 1. The molecule has 1 aromatic heterocycles. The van der Waals surface area contributed by atoms with E-state index in [2.05, 4.69) is 5.10 Å². The molecule has 1 aromatic rings. The number of hydrogen-bond acceptors (Lipinski definition) is 4. The van der Waals surface area contributed by atoms with Crippen molar-refractivity contribution in [2.45, 2.75) is 38.5 Å². The molecule has 0 saturated heterocycles. The number of ether oxygens (including phenoxy) is 1. The highest BCUT2D eigenvalue weighted by molar-refractivity contribution is 5.89. The fourth-order valence-electron chi connectivity index (χ4n) is 2.73. The normalized spacial score (nSPS) is 17.9. The Balaban J connectivity index is 2.41. The second kappa shape index (κ2) is 5.42. The Morgan fingerprint density at radius 3 is 2.89 bits per heavy atom. The number of fused-ring (bicyclic) bond motifs is 1. The summed E-state index contributed by atoms with van der Waals surface area (Å²) in [5.74, 6) is -1.46. The van der Waals surface area contributed by atoms with Crippen molar-refractivity contribution in [3.63, 3.8) is 0 Å². The molecule has 0 saturated carbocycles. The fraction of sp³-hybridized carbons (Fsp3) is 0.615. The number of carboxylic acids is 1. The summed E-state index contributed by atoms with van der Waals surface area (Å²) in [7, 11) is 1.78. The highest BCUT2D eigenvalue weighted by atomic mass is 16.5. The first-order valence-electron chi connectivity index (χ1n) is 6.49. The lowest BCUT2D eigenvalue weighted by Crippen LogP contribution is -2.17. The molecule has 0 aliphatic heterocycles. The molecule has 2 rings (SSSR count). The summed E-state index contributed by atoms with van der Waals surface area (Å²) in [6, 6.07) is 0. The maximum absolute atomic E-state index is 11.9. The number of rotatable bonds is 4. The Bertz CT molecular complexity index is 507. The van der Waals surface area contributed by atoms with Gasteiger partial charge in [0.05, 0.1) is 13.0 Å². The third kappa shape index (κ3) is 2.62. The monoisotopic (exact) mass is 266 g/mol. The highest BCUT2D eigenvalue weighted by Crippen LogP contribution is 2.36. The van der Waals surface area contributed by atoms with Crippen LogP contribution in [0.2, 0.25) is 0 Å². The van der Waals surface area contributed by atoms with E-state index in [0.29, 0.717) is 0 Å². The molecule has 0 radical (unpaired) electrons. The van der Waals surface area contributed by atoms with Gasteiger partial charge in [0, 0.05) is 18.3 Å². The number of aliphatic carboxylic acids is 1. The Morgan fingerprint density at radius 2 is 2.26 bits per heavy atom.